The second-order valence-electron chi connectivity index (χ2n) is 6.54. The fraction of sp³-hybridized carbons (Fsp3) is 0.750. The van der Waals surface area contributed by atoms with E-state index >= 15 is 0 Å². The van der Waals surface area contributed by atoms with Gasteiger partial charge in [-0.1, -0.05) is 25.0 Å². The monoisotopic (exact) mass is 294 g/mol. The van der Waals surface area contributed by atoms with E-state index in [4.69, 9.17) is 0 Å². The van der Waals surface area contributed by atoms with Crippen LogP contribution in [0.3, 0.4) is 0 Å². The van der Waals surface area contributed by atoms with Crippen LogP contribution >= 0.6 is 0 Å². The maximum Gasteiger partial charge on any atom is 0.307 e. The molecule has 5 nitrogen and oxygen atoms in total. The van der Waals surface area contributed by atoms with Gasteiger partial charge in [-0.15, -0.1) is 0 Å². The highest BCUT2D eigenvalue weighted by Gasteiger charge is 2.38. The van der Waals surface area contributed by atoms with Gasteiger partial charge >= 0.3 is 5.97 Å². The van der Waals surface area contributed by atoms with Crippen molar-refractivity contribution in [3.63, 3.8) is 0 Å². The van der Waals surface area contributed by atoms with Crippen LogP contribution in [0.4, 0.5) is 0 Å². The normalized spacial score (nSPS) is 27.8. The highest BCUT2D eigenvalue weighted by Crippen LogP contribution is 2.33. The summed E-state index contributed by atoms with van der Waals surface area (Å²) in [4.78, 5) is 25.9. The van der Waals surface area contributed by atoms with E-state index in [-0.39, 0.29) is 11.4 Å². The van der Waals surface area contributed by atoms with Crippen LogP contribution in [0.15, 0.2) is 12.2 Å². The summed E-state index contributed by atoms with van der Waals surface area (Å²) in [7, 11) is 4.11. The van der Waals surface area contributed by atoms with Crippen LogP contribution in [0.1, 0.15) is 38.5 Å². The summed E-state index contributed by atoms with van der Waals surface area (Å²) >= 11 is 0. The van der Waals surface area contributed by atoms with Gasteiger partial charge in [-0.3, -0.25) is 9.59 Å². The molecule has 2 unspecified atom stereocenters. The number of carboxylic acid groups (broad SMARTS) is 1. The zero-order valence-electron chi connectivity index (χ0n) is 13.0. The summed E-state index contributed by atoms with van der Waals surface area (Å²) < 4.78 is 0. The molecule has 0 aromatic rings. The van der Waals surface area contributed by atoms with Crippen LogP contribution < -0.4 is 5.32 Å². The number of carbonyl (C=O) groups excluding carboxylic acids is 1. The molecular weight excluding hydrogens is 268 g/mol. The molecule has 1 fully saturated rings. The second-order valence-corrected chi connectivity index (χ2v) is 6.54. The van der Waals surface area contributed by atoms with Crippen molar-refractivity contribution < 1.29 is 14.7 Å². The minimum absolute atomic E-state index is 0.0406. The lowest BCUT2D eigenvalue weighted by Gasteiger charge is -2.37. The van der Waals surface area contributed by atoms with Crippen molar-refractivity contribution in [2.45, 2.75) is 44.1 Å². The first kappa shape index (κ1) is 16.0. The number of rotatable bonds is 5. The lowest BCUT2D eigenvalue weighted by molar-refractivity contribution is -0.147. The van der Waals surface area contributed by atoms with Gasteiger partial charge in [-0.05, 0) is 39.8 Å². The molecule has 0 aliphatic heterocycles. The summed E-state index contributed by atoms with van der Waals surface area (Å²) in [5, 5.41) is 12.3. The molecular formula is C16H26N2O3. The molecule has 0 radical (unpaired) electrons. The van der Waals surface area contributed by atoms with Gasteiger partial charge in [-0.25, -0.2) is 0 Å². The van der Waals surface area contributed by atoms with E-state index in [1.807, 2.05) is 12.2 Å². The van der Waals surface area contributed by atoms with Crippen LogP contribution in [0, 0.1) is 11.8 Å². The van der Waals surface area contributed by atoms with Crippen molar-refractivity contribution in [2.24, 2.45) is 11.8 Å². The third-order valence-corrected chi connectivity index (χ3v) is 5.16. The van der Waals surface area contributed by atoms with Gasteiger partial charge in [-0.2, -0.15) is 0 Å². The van der Waals surface area contributed by atoms with E-state index < -0.39 is 17.8 Å². The quantitative estimate of drug-likeness (QED) is 0.756. The fourth-order valence-electron chi connectivity index (χ4n) is 3.57. The number of nitrogens with one attached hydrogen (secondary N) is 1. The van der Waals surface area contributed by atoms with Crippen LogP contribution in [-0.2, 0) is 9.59 Å². The number of likely N-dealkylation sites (N-methyl/N-ethyl adjacent to an activating group) is 1. The first-order valence-electron chi connectivity index (χ1n) is 7.79. The van der Waals surface area contributed by atoms with Crippen molar-refractivity contribution in [1.29, 1.82) is 0 Å². The molecule has 0 saturated heterocycles. The van der Waals surface area contributed by atoms with Crippen LogP contribution in [-0.4, -0.2) is 48.1 Å². The molecule has 118 valence electrons. The van der Waals surface area contributed by atoms with E-state index in [2.05, 4.69) is 24.3 Å². The smallest absolute Gasteiger partial charge is 0.307 e. The lowest BCUT2D eigenvalue weighted by Crippen LogP contribution is -2.52. The number of carboxylic acids is 1. The third-order valence-electron chi connectivity index (χ3n) is 5.16. The molecule has 0 spiro atoms. The van der Waals surface area contributed by atoms with Crippen LogP contribution in [0.25, 0.3) is 0 Å². The van der Waals surface area contributed by atoms with Crippen LogP contribution in [0.5, 0.6) is 0 Å². The minimum Gasteiger partial charge on any atom is -0.481 e. The van der Waals surface area contributed by atoms with Crippen molar-refractivity contribution in [1.82, 2.24) is 10.2 Å². The molecule has 21 heavy (non-hydrogen) atoms. The summed E-state index contributed by atoms with van der Waals surface area (Å²) in [6, 6.07) is 0. The predicted octanol–water partition coefficient (Wildman–Crippen LogP) is 1.64. The van der Waals surface area contributed by atoms with E-state index in [0.29, 0.717) is 19.4 Å². The number of allylic oxidation sites excluding steroid dienone is 2. The third kappa shape index (κ3) is 3.46. The maximum absolute atomic E-state index is 12.4. The molecule has 2 rings (SSSR count). The molecule has 0 aromatic heterocycles. The molecule has 0 heterocycles. The Hall–Kier alpha value is -1.36. The zero-order valence-corrected chi connectivity index (χ0v) is 13.0. The average molecular weight is 294 g/mol. The summed E-state index contributed by atoms with van der Waals surface area (Å²) in [6.45, 7) is 0.616. The highest BCUT2D eigenvalue weighted by atomic mass is 16.4. The van der Waals surface area contributed by atoms with Gasteiger partial charge in [0.1, 0.15) is 0 Å². The maximum atomic E-state index is 12.4. The molecule has 2 atom stereocenters. The summed E-state index contributed by atoms with van der Waals surface area (Å²) in [5.41, 5.74) is 0.0406. The van der Waals surface area contributed by atoms with Crippen molar-refractivity contribution >= 4 is 11.9 Å². The molecule has 2 aliphatic rings. The first-order chi connectivity index (χ1) is 9.96. The molecule has 0 aromatic carbocycles. The topological polar surface area (TPSA) is 69.6 Å². The van der Waals surface area contributed by atoms with E-state index in [1.165, 1.54) is 12.8 Å². The van der Waals surface area contributed by atoms with E-state index in [9.17, 15) is 14.7 Å². The number of hydrogen-bond acceptors (Lipinski definition) is 3. The largest absolute Gasteiger partial charge is 0.481 e. The minimum atomic E-state index is -0.873. The molecule has 2 aliphatic carbocycles. The Labute approximate surface area is 126 Å². The van der Waals surface area contributed by atoms with Gasteiger partial charge < -0.3 is 15.3 Å². The standard InChI is InChI=1S/C16H26N2O3/c1-18(2)16(9-5-6-10-16)11-17-14(19)12-7-3-4-8-13(12)15(20)21/h3-4,12-13H,5-11H2,1-2H3,(H,17,19)(H,20,21). The van der Waals surface area contributed by atoms with Crippen molar-refractivity contribution in [3.05, 3.63) is 12.2 Å². The Bertz CT molecular complexity index is 425. The predicted molar refractivity (Wildman–Crippen MR) is 80.9 cm³/mol. The van der Waals surface area contributed by atoms with Crippen molar-refractivity contribution in [3.8, 4) is 0 Å². The van der Waals surface area contributed by atoms with Crippen molar-refractivity contribution in [2.75, 3.05) is 20.6 Å². The SMILES string of the molecule is CN(C)C1(CNC(=O)C2CC=CCC2C(=O)O)CCCC1. The average Bonchev–Trinajstić information content (AvgIpc) is 2.95. The Morgan fingerprint density at radius 3 is 2.29 bits per heavy atom. The second kappa shape index (κ2) is 6.60. The van der Waals surface area contributed by atoms with Gasteiger partial charge in [0.15, 0.2) is 0 Å². The lowest BCUT2D eigenvalue weighted by atomic mass is 9.82. The first-order valence-corrected chi connectivity index (χ1v) is 7.79. The number of amides is 1. The molecule has 0 bridgehead atoms. The van der Waals surface area contributed by atoms with E-state index in [1.54, 1.807) is 0 Å². The Morgan fingerprint density at radius 2 is 1.76 bits per heavy atom. The number of hydrogen-bond donors (Lipinski definition) is 2. The van der Waals surface area contributed by atoms with E-state index in [0.717, 1.165) is 12.8 Å². The summed E-state index contributed by atoms with van der Waals surface area (Å²) in [5.74, 6) is -2.01. The van der Waals surface area contributed by atoms with Gasteiger partial charge in [0.05, 0.1) is 11.8 Å². The van der Waals surface area contributed by atoms with Crippen LogP contribution in [0.2, 0.25) is 0 Å². The number of aliphatic carboxylic acids is 1. The molecule has 1 saturated carbocycles. The Balaban J connectivity index is 1.97. The van der Waals surface area contributed by atoms with Gasteiger partial charge in [0.25, 0.3) is 0 Å². The molecule has 1 amide bonds. The summed E-state index contributed by atoms with van der Waals surface area (Å²) in [6.07, 6.45) is 9.32. The highest BCUT2D eigenvalue weighted by molar-refractivity contribution is 5.85. The number of carbonyl (C=O) groups is 2. The van der Waals surface area contributed by atoms with Gasteiger partial charge in [0, 0.05) is 12.1 Å². The molecule has 2 N–H and O–H groups in total. The fourth-order valence-corrected chi connectivity index (χ4v) is 3.57. The zero-order chi connectivity index (χ0) is 15.5. The Morgan fingerprint density at radius 1 is 1.19 bits per heavy atom. The molecule has 5 heteroatoms. The Kier molecular flexibility index (Phi) is 5.04. The number of nitrogens with zero attached hydrogens (tertiary/aromatic N) is 1. The van der Waals surface area contributed by atoms with Gasteiger partial charge in [0.2, 0.25) is 5.91 Å².